The highest BCUT2D eigenvalue weighted by atomic mass is 16.6. The molecule has 1 aromatic heterocycles. The Kier molecular flexibility index (Phi) is 3.59. The van der Waals surface area contributed by atoms with Gasteiger partial charge in [-0.15, -0.1) is 0 Å². The Morgan fingerprint density at radius 3 is 2.65 bits per heavy atom. The summed E-state index contributed by atoms with van der Waals surface area (Å²) in [4.78, 5) is 14.7. The average molecular weight is 275 g/mol. The van der Waals surface area contributed by atoms with Gasteiger partial charge < -0.3 is 10.4 Å². The fraction of sp³-hybridized carbons (Fsp3) is 0.357. The first-order valence-corrected chi connectivity index (χ1v) is 6.30. The number of pyridine rings is 1. The van der Waals surface area contributed by atoms with Gasteiger partial charge in [-0.3, -0.25) is 15.1 Å². The van der Waals surface area contributed by atoms with Gasteiger partial charge >= 0.3 is 0 Å². The summed E-state index contributed by atoms with van der Waals surface area (Å²) in [6, 6.07) is 4.73. The molecule has 2 rings (SSSR count). The van der Waals surface area contributed by atoms with Gasteiger partial charge in [0.15, 0.2) is 0 Å². The molecule has 1 unspecified atom stereocenters. The number of hydrogen-bond acceptors (Lipinski definition) is 5. The number of fused-ring (bicyclic) bond motifs is 1. The first-order chi connectivity index (χ1) is 9.33. The van der Waals surface area contributed by atoms with E-state index in [2.05, 4.69) is 10.3 Å². The number of anilines is 1. The number of aromatic nitrogens is 1. The number of hydrogen-bond donors (Lipinski definition) is 2. The molecule has 2 N–H and O–H groups in total. The maximum absolute atomic E-state index is 11.0. The van der Waals surface area contributed by atoms with Gasteiger partial charge in [0.05, 0.1) is 22.0 Å². The molecule has 0 aliphatic carbocycles. The van der Waals surface area contributed by atoms with Crippen LogP contribution >= 0.6 is 0 Å². The van der Waals surface area contributed by atoms with Crippen molar-refractivity contribution in [2.24, 2.45) is 0 Å². The van der Waals surface area contributed by atoms with Crippen LogP contribution < -0.4 is 5.32 Å². The van der Waals surface area contributed by atoms with E-state index < -0.39 is 16.6 Å². The molecular formula is C14H17N3O3. The highest BCUT2D eigenvalue weighted by Gasteiger charge is 2.25. The SMILES string of the molecule is CC(O)C(C)(C)Nc1ccc([N+](=O)[O-])c2ccncc12. The number of rotatable bonds is 4. The fourth-order valence-electron chi connectivity index (χ4n) is 1.89. The Balaban J connectivity index is 2.57. The van der Waals surface area contributed by atoms with Crippen molar-refractivity contribution in [3.8, 4) is 0 Å². The predicted molar refractivity (Wildman–Crippen MR) is 77.8 cm³/mol. The maximum atomic E-state index is 11.0. The Labute approximate surface area is 116 Å². The summed E-state index contributed by atoms with van der Waals surface area (Å²) in [5, 5.41) is 25.2. The van der Waals surface area contributed by atoms with E-state index in [9.17, 15) is 15.2 Å². The summed E-state index contributed by atoms with van der Waals surface area (Å²) >= 11 is 0. The van der Waals surface area contributed by atoms with Crippen LogP contribution in [0.5, 0.6) is 0 Å². The van der Waals surface area contributed by atoms with Gasteiger partial charge in [-0.2, -0.15) is 0 Å². The molecule has 0 aliphatic heterocycles. The van der Waals surface area contributed by atoms with E-state index in [1.165, 1.54) is 12.3 Å². The van der Waals surface area contributed by atoms with E-state index in [1.807, 2.05) is 13.8 Å². The monoisotopic (exact) mass is 275 g/mol. The standard InChI is InChI=1S/C14H17N3O3/c1-9(18)14(2,3)16-12-4-5-13(17(19)20)10-6-7-15-8-11(10)12/h4-9,16,18H,1-3H3. The minimum absolute atomic E-state index is 0.0443. The zero-order valence-corrected chi connectivity index (χ0v) is 11.6. The number of aliphatic hydroxyl groups excluding tert-OH is 1. The van der Waals surface area contributed by atoms with E-state index >= 15 is 0 Å². The third kappa shape index (κ3) is 2.55. The number of nitrogens with one attached hydrogen (secondary N) is 1. The van der Waals surface area contributed by atoms with E-state index in [0.717, 1.165) is 0 Å². The van der Waals surface area contributed by atoms with Crippen LogP contribution in [-0.4, -0.2) is 26.7 Å². The van der Waals surface area contributed by atoms with Gasteiger partial charge in [0.2, 0.25) is 0 Å². The molecule has 20 heavy (non-hydrogen) atoms. The Bertz CT molecular complexity index is 653. The van der Waals surface area contributed by atoms with Crippen molar-refractivity contribution < 1.29 is 10.0 Å². The van der Waals surface area contributed by atoms with Crippen molar-refractivity contribution in [1.82, 2.24) is 4.98 Å². The molecule has 2 aromatic rings. The summed E-state index contributed by atoms with van der Waals surface area (Å²) in [6.07, 6.45) is 2.53. The number of nitro groups is 1. The second-order valence-electron chi connectivity index (χ2n) is 5.33. The Morgan fingerprint density at radius 1 is 1.35 bits per heavy atom. The van der Waals surface area contributed by atoms with Crippen LogP contribution in [0.1, 0.15) is 20.8 Å². The largest absolute Gasteiger partial charge is 0.391 e. The summed E-state index contributed by atoms with van der Waals surface area (Å²) in [5.41, 5.74) is 0.200. The highest BCUT2D eigenvalue weighted by molar-refractivity contribution is 5.99. The lowest BCUT2D eigenvalue weighted by Crippen LogP contribution is -2.41. The maximum Gasteiger partial charge on any atom is 0.277 e. The Hall–Kier alpha value is -2.21. The van der Waals surface area contributed by atoms with Crippen LogP contribution in [0.25, 0.3) is 10.8 Å². The zero-order chi connectivity index (χ0) is 14.9. The minimum atomic E-state index is -0.579. The van der Waals surface area contributed by atoms with Crippen LogP contribution in [0.4, 0.5) is 11.4 Å². The summed E-state index contributed by atoms with van der Waals surface area (Å²) in [6.45, 7) is 5.42. The van der Waals surface area contributed by atoms with Crippen LogP contribution in [0.2, 0.25) is 0 Å². The second kappa shape index (κ2) is 5.05. The molecule has 0 saturated heterocycles. The smallest absolute Gasteiger partial charge is 0.277 e. The summed E-state index contributed by atoms with van der Waals surface area (Å²) in [7, 11) is 0. The van der Waals surface area contributed by atoms with Gasteiger partial charge in [0.25, 0.3) is 5.69 Å². The molecule has 1 aromatic carbocycles. The van der Waals surface area contributed by atoms with Gasteiger partial charge in [0.1, 0.15) is 0 Å². The first kappa shape index (κ1) is 14.2. The van der Waals surface area contributed by atoms with Gasteiger partial charge in [-0.1, -0.05) is 0 Å². The Morgan fingerprint density at radius 2 is 2.05 bits per heavy atom. The fourth-order valence-corrected chi connectivity index (χ4v) is 1.89. The average Bonchev–Trinajstić information content (AvgIpc) is 2.38. The minimum Gasteiger partial charge on any atom is -0.391 e. The molecule has 0 amide bonds. The molecule has 1 atom stereocenters. The van der Waals surface area contributed by atoms with Gasteiger partial charge in [-0.05, 0) is 32.9 Å². The number of non-ortho nitro benzene ring substituents is 1. The van der Waals surface area contributed by atoms with Crippen LogP contribution in [0.3, 0.4) is 0 Å². The molecule has 0 bridgehead atoms. The van der Waals surface area contributed by atoms with Crippen molar-refractivity contribution in [2.75, 3.05) is 5.32 Å². The first-order valence-electron chi connectivity index (χ1n) is 6.30. The molecule has 1 heterocycles. The molecule has 0 radical (unpaired) electrons. The van der Waals surface area contributed by atoms with Gasteiger partial charge in [0, 0.05) is 29.5 Å². The third-order valence-corrected chi connectivity index (χ3v) is 3.49. The molecule has 0 spiro atoms. The van der Waals surface area contributed by atoms with Crippen LogP contribution in [0.15, 0.2) is 30.6 Å². The van der Waals surface area contributed by atoms with Crippen molar-refractivity contribution in [1.29, 1.82) is 0 Å². The van der Waals surface area contributed by atoms with E-state index in [0.29, 0.717) is 16.5 Å². The molecule has 0 fully saturated rings. The van der Waals surface area contributed by atoms with E-state index in [-0.39, 0.29) is 5.69 Å². The molecule has 0 saturated carbocycles. The number of benzene rings is 1. The van der Waals surface area contributed by atoms with Crippen molar-refractivity contribution >= 4 is 22.1 Å². The van der Waals surface area contributed by atoms with Crippen molar-refractivity contribution in [3.05, 3.63) is 40.7 Å². The third-order valence-electron chi connectivity index (χ3n) is 3.49. The number of nitro benzene ring substituents is 1. The van der Waals surface area contributed by atoms with Crippen LogP contribution in [0, 0.1) is 10.1 Å². The molecule has 6 nitrogen and oxygen atoms in total. The van der Waals surface area contributed by atoms with E-state index in [1.54, 1.807) is 25.3 Å². The van der Waals surface area contributed by atoms with E-state index in [4.69, 9.17) is 0 Å². The van der Waals surface area contributed by atoms with Gasteiger partial charge in [-0.25, -0.2) is 0 Å². The quantitative estimate of drug-likeness (QED) is 0.661. The summed E-state index contributed by atoms with van der Waals surface area (Å²) in [5.74, 6) is 0. The molecular weight excluding hydrogens is 258 g/mol. The summed E-state index contributed by atoms with van der Waals surface area (Å²) < 4.78 is 0. The molecule has 106 valence electrons. The molecule has 0 aliphatic rings. The lowest BCUT2D eigenvalue weighted by Gasteiger charge is -2.31. The second-order valence-corrected chi connectivity index (χ2v) is 5.33. The number of aliphatic hydroxyl groups is 1. The topological polar surface area (TPSA) is 88.3 Å². The molecule has 6 heteroatoms. The predicted octanol–water partition coefficient (Wildman–Crippen LogP) is 2.71. The van der Waals surface area contributed by atoms with Crippen molar-refractivity contribution in [3.63, 3.8) is 0 Å². The zero-order valence-electron chi connectivity index (χ0n) is 11.6. The van der Waals surface area contributed by atoms with Crippen molar-refractivity contribution in [2.45, 2.75) is 32.4 Å². The number of nitrogens with zero attached hydrogens (tertiary/aromatic N) is 2. The lowest BCUT2D eigenvalue weighted by molar-refractivity contribution is -0.383. The highest BCUT2D eigenvalue weighted by Crippen LogP contribution is 2.32. The normalized spacial score (nSPS) is 13.2. The van der Waals surface area contributed by atoms with Crippen LogP contribution in [-0.2, 0) is 0 Å². The lowest BCUT2D eigenvalue weighted by atomic mass is 9.97.